The van der Waals surface area contributed by atoms with Gasteiger partial charge in [0.15, 0.2) is 5.58 Å². The number of amides is 1. The number of oxazole rings is 1. The molecule has 4 nitrogen and oxygen atoms in total. The number of halogens is 1. The van der Waals surface area contributed by atoms with Gasteiger partial charge in [-0.1, -0.05) is 30.3 Å². The molecule has 4 aromatic rings. The third-order valence-electron chi connectivity index (χ3n) is 4.21. The van der Waals surface area contributed by atoms with Gasteiger partial charge in [-0.2, -0.15) is 0 Å². The van der Waals surface area contributed by atoms with Gasteiger partial charge in [0.2, 0.25) is 11.8 Å². The molecule has 0 unspecified atom stereocenters. The summed E-state index contributed by atoms with van der Waals surface area (Å²) in [7, 11) is 0. The van der Waals surface area contributed by atoms with Crippen molar-refractivity contribution in [1.82, 2.24) is 4.98 Å². The standard InChI is InChI=1S/C21H17ClN2O2/c22-11-3-6-20(25)23-17-9-10-19-18(13-17)24-21(26-19)16-8-7-14-4-1-2-5-15(14)12-16/h1-2,4-5,7-10,12-13H,3,6,11H2,(H,23,25). The van der Waals surface area contributed by atoms with Crippen LogP contribution in [0.5, 0.6) is 0 Å². The van der Waals surface area contributed by atoms with Gasteiger partial charge >= 0.3 is 0 Å². The number of carbonyl (C=O) groups is 1. The summed E-state index contributed by atoms with van der Waals surface area (Å²) in [5.74, 6) is 0.991. The van der Waals surface area contributed by atoms with Crippen LogP contribution in [-0.2, 0) is 4.79 Å². The van der Waals surface area contributed by atoms with Crippen molar-refractivity contribution in [3.8, 4) is 11.5 Å². The molecule has 5 heteroatoms. The van der Waals surface area contributed by atoms with E-state index in [2.05, 4.69) is 34.6 Å². The topological polar surface area (TPSA) is 55.1 Å². The minimum Gasteiger partial charge on any atom is -0.436 e. The molecule has 0 saturated heterocycles. The Kier molecular flexibility index (Phi) is 4.59. The lowest BCUT2D eigenvalue weighted by Gasteiger charge is -2.03. The highest BCUT2D eigenvalue weighted by Crippen LogP contribution is 2.28. The van der Waals surface area contributed by atoms with Crippen LogP contribution in [0.15, 0.2) is 65.1 Å². The zero-order chi connectivity index (χ0) is 17.9. The predicted octanol–water partition coefficient (Wildman–Crippen LogP) is 5.61. The fraction of sp³-hybridized carbons (Fsp3) is 0.143. The number of alkyl halides is 1. The number of fused-ring (bicyclic) bond motifs is 2. The number of anilines is 1. The van der Waals surface area contributed by atoms with Gasteiger partial charge in [-0.15, -0.1) is 11.6 Å². The van der Waals surface area contributed by atoms with Gasteiger partial charge in [-0.25, -0.2) is 4.98 Å². The Bertz CT molecular complexity index is 1090. The molecule has 0 aliphatic carbocycles. The third-order valence-corrected chi connectivity index (χ3v) is 4.47. The fourth-order valence-electron chi connectivity index (χ4n) is 2.90. The Morgan fingerprint density at radius 1 is 1.04 bits per heavy atom. The van der Waals surface area contributed by atoms with Gasteiger partial charge in [0.1, 0.15) is 5.52 Å². The highest BCUT2D eigenvalue weighted by molar-refractivity contribution is 6.18. The lowest BCUT2D eigenvalue weighted by Crippen LogP contribution is -2.11. The number of hydrogen-bond acceptors (Lipinski definition) is 3. The average Bonchev–Trinajstić information content (AvgIpc) is 3.09. The number of hydrogen-bond donors (Lipinski definition) is 1. The summed E-state index contributed by atoms with van der Waals surface area (Å²) in [5.41, 5.74) is 3.03. The van der Waals surface area contributed by atoms with Crippen LogP contribution < -0.4 is 5.32 Å². The van der Waals surface area contributed by atoms with Gasteiger partial charge in [-0.3, -0.25) is 4.79 Å². The zero-order valence-electron chi connectivity index (χ0n) is 14.0. The van der Waals surface area contributed by atoms with E-state index >= 15 is 0 Å². The molecule has 0 aliphatic rings. The van der Waals surface area contributed by atoms with E-state index < -0.39 is 0 Å². The maximum atomic E-state index is 11.8. The summed E-state index contributed by atoms with van der Waals surface area (Å²) >= 11 is 5.62. The Balaban J connectivity index is 1.63. The van der Waals surface area contributed by atoms with E-state index in [0.29, 0.717) is 41.4 Å². The number of benzene rings is 3. The van der Waals surface area contributed by atoms with Crippen molar-refractivity contribution in [3.05, 3.63) is 60.7 Å². The summed E-state index contributed by atoms with van der Waals surface area (Å²) in [6.07, 6.45) is 1.06. The first-order valence-corrected chi connectivity index (χ1v) is 9.02. The molecule has 3 aromatic carbocycles. The second-order valence-corrected chi connectivity index (χ2v) is 6.48. The van der Waals surface area contributed by atoms with Gasteiger partial charge in [0, 0.05) is 23.6 Å². The molecule has 0 radical (unpaired) electrons. The molecule has 0 bridgehead atoms. The fourth-order valence-corrected chi connectivity index (χ4v) is 3.04. The highest BCUT2D eigenvalue weighted by Gasteiger charge is 2.10. The molecular formula is C21H17ClN2O2. The molecule has 4 rings (SSSR count). The van der Waals surface area contributed by atoms with Crippen LogP contribution in [0, 0.1) is 0 Å². The predicted molar refractivity (Wildman–Crippen MR) is 106 cm³/mol. The zero-order valence-corrected chi connectivity index (χ0v) is 14.8. The van der Waals surface area contributed by atoms with Crippen LogP contribution in [0.25, 0.3) is 33.3 Å². The van der Waals surface area contributed by atoms with Crippen molar-refractivity contribution in [2.45, 2.75) is 12.8 Å². The molecule has 26 heavy (non-hydrogen) atoms. The van der Waals surface area contributed by atoms with Crippen LogP contribution in [0.1, 0.15) is 12.8 Å². The van der Waals surface area contributed by atoms with Crippen LogP contribution >= 0.6 is 11.6 Å². The summed E-state index contributed by atoms with van der Waals surface area (Å²) in [6.45, 7) is 0. The Hall–Kier alpha value is -2.85. The third kappa shape index (κ3) is 3.41. The Labute approximate surface area is 155 Å². The van der Waals surface area contributed by atoms with E-state index in [4.69, 9.17) is 16.0 Å². The van der Waals surface area contributed by atoms with E-state index in [0.717, 1.165) is 10.9 Å². The lowest BCUT2D eigenvalue weighted by atomic mass is 10.1. The molecule has 0 spiro atoms. The molecule has 130 valence electrons. The number of carbonyl (C=O) groups excluding carboxylic acids is 1. The summed E-state index contributed by atoms with van der Waals surface area (Å²) < 4.78 is 5.89. The highest BCUT2D eigenvalue weighted by atomic mass is 35.5. The minimum atomic E-state index is -0.0525. The van der Waals surface area contributed by atoms with Crippen molar-refractivity contribution in [2.24, 2.45) is 0 Å². The van der Waals surface area contributed by atoms with Crippen molar-refractivity contribution < 1.29 is 9.21 Å². The van der Waals surface area contributed by atoms with Crippen LogP contribution in [0.4, 0.5) is 5.69 Å². The van der Waals surface area contributed by atoms with Crippen molar-refractivity contribution in [1.29, 1.82) is 0 Å². The first kappa shape index (κ1) is 16.6. The average molecular weight is 365 g/mol. The Morgan fingerprint density at radius 3 is 2.73 bits per heavy atom. The SMILES string of the molecule is O=C(CCCCl)Nc1ccc2oc(-c3ccc4ccccc4c3)nc2c1. The molecule has 0 fully saturated rings. The molecule has 1 heterocycles. The first-order valence-electron chi connectivity index (χ1n) is 8.48. The van der Waals surface area contributed by atoms with Crippen molar-refractivity contribution in [3.63, 3.8) is 0 Å². The first-order chi connectivity index (χ1) is 12.7. The molecule has 0 aliphatic heterocycles. The van der Waals surface area contributed by atoms with E-state index in [1.165, 1.54) is 5.39 Å². The van der Waals surface area contributed by atoms with Gasteiger partial charge < -0.3 is 9.73 Å². The van der Waals surface area contributed by atoms with Crippen LogP contribution in [-0.4, -0.2) is 16.8 Å². The smallest absolute Gasteiger partial charge is 0.227 e. The molecule has 1 aromatic heterocycles. The number of nitrogens with zero attached hydrogens (tertiary/aromatic N) is 1. The number of rotatable bonds is 5. The maximum absolute atomic E-state index is 11.8. The van der Waals surface area contributed by atoms with Gasteiger partial charge in [0.25, 0.3) is 0 Å². The molecule has 1 amide bonds. The second kappa shape index (κ2) is 7.18. The quantitative estimate of drug-likeness (QED) is 0.468. The van der Waals surface area contributed by atoms with Crippen molar-refractivity contribution in [2.75, 3.05) is 11.2 Å². The maximum Gasteiger partial charge on any atom is 0.227 e. The monoisotopic (exact) mass is 364 g/mol. The summed E-state index contributed by atoms with van der Waals surface area (Å²) in [5, 5.41) is 5.18. The van der Waals surface area contributed by atoms with Crippen molar-refractivity contribution >= 4 is 45.1 Å². The molecule has 1 N–H and O–H groups in total. The normalized spacial score (nSPS) is 11.1. The van der Waals surface area contributed by atoms with E-state index in [1.54, 1.807) is 0 Å². The van der Waals surface area contributed by atoms with E-state index in [9.17, 15) is 4.79 Å². The molecule has 0 atom stereocenters. The molecule has 0 saturated carbocycles. The second-order valence-electron chi connectivity index (χ2n) is 6.10. The van der Waals surface area contributed by atoms with Gasteiger partial charge in [0.05, 0.1) is 0 Å². The summed E-state index contributed by atoms with van der Waals surface area (Å²) in [6, 6.07) is 19.8. The number of nitrogens with one attached hydrogen (secondary N) is 1. The minimum absolute atomic E-state index is 0.0525. The summed E-state index contributed by atoms with van der Waals surface area (Å²) in [4.78, 5) is 16.4. The van der Waals surface area contributed by atoms with Crippen LogP contribution in [0.2, 0.25) is 0 Å². The van der Waals surface area contributed by atoms with Crippen LogP contribution in [0.3, 0.4) is 0 Å². The molecular weight excluding hydrogens is 348 g/mol. The number of aromatic nitrogens is 1. The van der Waals surface area contributed by atoms with E-state index in [-0.39, 0.29) is 5.91 Å². The lowest BCUT2D eigenvalue weighted by molar-refractivity contribution is -0.116. The Morgan fingerprint density at radius 2 is 1.88 bits per heavy atom. The largest absolute Gasteiger partial charge is 0.436 e. The van der Waals surface area contributed by atoms with E-state index in [1.807, 2.05) is 36.4 Å². The van der Waals surface area contributed by atoms with Gasteiger partial charge in [-0.05, 0) is 47.5 Å².